The summed E-state index contributed by atoms with van der Waals surface area (Å²) in [5, 5.41) is 11.4. The van der Waals surface area contributed by atoms with E-state index in [0.717, 1.165) is 12.2 Å². The number of hydrogen-bond acceptors (Lipinski definition) is 4. The largest absolute Gasteiger partial charge is 0.481 e. The fourth-order valence-corrected chi connectivity index (χ4v) is 2.02. The Bertz CT molecular complexity index is 289. The lowest BCUT2D eigenvalue weighted by Crippen LogP contribution is -2.45. The molecule has 0 aromatic rings. The zero-order valence-corrected chi connectivity index (χ0v) is 12.8. The molecule has 6 nitrogen and oxygen atoms in total. The SMILES string of the molecule is COC(CNC(=O)N(C)C(C)CCSC)CC(=O)O. The molecule has 0 saturated carbocycles. The standard InChI is InChI=1S/C12H24N2O4S/c1-9(5-6-19-4)14(2)12(17)13-8-10(18-3)7-11(15)16/h9-10H,5-8H2,1-4H3,(H,13,17)(H,15,16). The molecule has 2 amide bonds. The van der Waals surface area contributed by atoms with Gasteiger partial charge in [0.2, 0.25) is 0 Å². The van der Waals surface area contributed by atoms with Gasteiger partial charge in [-0.25, -0.2) is 4.79 Å². The molecule has 112 valence electrons. The van der Waals surface area contributed by atoms with Crippen molar-refractivity contribution in [2.45, 2.75) is 31.9 Å². The van der Waals surface area contributed by atoms with Crippen molar-refractivity contribution in [1.29, 1.82) is 0 Å². The number of aliphatic carboxylic acids is 1. The number of hydrogen-bond donors (Lipinski definition) is 2. The molecular formula is C12H24N2O4S. The Kier molecular flexibility index (Phi) is 9.42. The highest BCUT2D eigenvalue weighted by Crippen LogP contribution is 2.06. The van der Waals surface area contributed by atoms with Crippen molar-refractivity contribution in [3.05, 3.63) is 0 Å². The number of carbonyl (C=O) groups excluding carboxylic acids is 1. The highest BCUT2D eigenvalue weighted by Gasteiger charge is 2.18. The van der Waals surface area contributed by atoms with Crippen LogP contribution >= 0.6 is 11.8 Å². The maximum absolute atomic E-state index is 11.9. The average Bonchev–Trinajstić information content (AvgIpc) is 2.38. The fourth-order valence-electron chi connectivity index (χ4n) is 1.44. The highest BCUT2D eigenvalue weighted by atomic mass is 32.2. The predicted octanol–water partition coefficient (Wildman–Crippen LogP) is 1.26. The van der Waals surface area contributed by atoms with Gasteiger partial charge in [0.15, 0.2) is 0 Å². The van der Waals surface area contributed by atoms with Gasteiger partial charge in [0.25, 0.3) is 0 Å². The molecule has 19 heavy (non-hydrogen) atoms. The molecule has 0 bridgehead atoms. The third kappa shape index (κ3) is 7.94. The molecule has 2 atom stereocenters. The van der Waals surface area contributed by atoms with E-state index in [9.17, 15) is 9.59 Å². The van der Waals surface area contributed by atoms with E-state index >= 15 is 0 Å². The zero-order chi connectivity index (χ0) is 14.8. The first-order valence-corrected chi connectivity index (χ1v) is 7.55. The number of carboxylic acids is 1. The molecule has 0 aromatic carbocycles. The first kappa shape index (κ1) is 18.0. The minimum Gasteiger partial charge on any atom is -0.481 e. The number of ether oxygens (including phenoxy) is 1. The van der Waals surface area contributed by atoms with Gasteiger partial charge in [0.1, 0.15) is 0 Å². The number of rotatable bonds is 9. The summed E-state index contributed by atoms with van der Waals surface area (Å²) in [6.45, 7) is 2.18. The summed E-state index contributed by atoms with van der Waals surface area (Å²) in [5.41, 5.74) is 0. The van der Waals surface area contributed by atoms with Crippen molar-refractivity contribution in [1.82, 2.24) is 10.2 Å². The third-order valence-electron chi connectivity index (χ3n) is 2.94. The Morgan fingerprint density at radius 3 is 2.58 bits per heavy atom. The summed E-state index contributed by atoms with van der Waals surface area (Å²) in [4.78, 5) is 24.1. The minimum atomic E-state index is -0.942. The fraction of sp³-hybridized carbons (Fsp3) is 0.833. The van der Waals surface area contributed by atoms with Gasteiger partial charge in [0, 0.05) is 26.7 Å². The van der Waals surface area contributed by atoms with Crippen LogP contribution in [0.5, 0.6) is 0 Å². The van der Waals surface area contributed by atoms with E-state index < -0.39 is 12.1 Å². The highest BCUT2D eigenvalue weighted by molar-refractivity contribution is 7.98. The Morgan fingerprint density at radius 2 is 2.11 bits per heavy atom. The van der Waals surface area contributed by atoms with E-state index in [1.165, 1.54) is 7.11 Å². The number of nitrogens with one attached hydrogen (secondary N) is 1. The number of thioether (sulfide) groups is 1. The van der Waals surface area contributed by atoms with Crippen molar-refractivity contribution in [3.8, 4) is 0 Å². The summed E-state index contributed by atoms with van der Waals surface area (Å²) in [6.07, 6.45) is 2.33. The zero-order valence-electron chi connectivity index (χ0n) is 12.0. The van der Waals surface area contributed by atoms with Gasteiger partial charge < -0.3 is 20.1 Å². The summed E-state index contributed by atoms with van der Waals surface area (Å²) >= 11 is 1.74. The van der Waals surface area contributed by atoms with E-state index in [1.807, 2.05) is 13.2 Å². The lowest BCUT2D eigenvalue weighted by molar-refractivity contribution is -0.139. The Hall–Kier alpha value is -0.950. The molecule has 0 radical (unpaired) electrons. The number of nitrogens with zero attached hydrogens (tertiary/aromatic N) is 1. The quantitative estimate of drug-likeness (QED) is 0.669. The van der Waals surface area contributed by atoms with Crippen molar-refractivity contribution >= 4 is 23.8 Å². The first-order valence-electron chi connectivity index (χ1n) is 6.16. The normalized spacial score (nSPS) is 13.7. The Balaban J connectivity index is 4.10. The van der Waals surface area contributed by atoms with Crippen LogP contribution in [0.25, 0.3) is 0 Å². The van der Waals surface area contributed by atoms with Gasteiger partial charge >= 0.3 is 12.0 Å². The molecule has 0 saturated heterocycles. The van der Waals surface area contributed by atoms with Crippen LogP contribution in [0.4, 0.5) is 4.79 Å². The van der Waals surface area contributed by atoms with Gasteiger partial charge in [0.05, 0.1) is 12.5 Å². The smallest absolute Gasteiger partial charge is 0.317 e. The van der Waals surface area contributed by atoms with E-state index in [0.29, 0.717) is 0 Å². The minimum absolute atomic E-state index is 0.122. The van der Waals surface area contributed by atoms with Crippen LogP contribution in [0.1, 0.15) is 19.8 Å². The Morgan fingerprint density at radius 1 is 1.47 bits per heavy atom. The van der Waals surface area contributed by atoms with Crippen molar-refractivity contribution < 1.29 is 19.4 Å². The second-order valence-corrected chi connectivity index (χ2v) is 5.37. The van der Waals surface area contributed by atoms with Crippen LogP contribution < -0.4 is 5.32 Å². The molecule has 0 aromatic heterocycles. The molecule has 0 heterocycles. The van der Waals surface area contributed by atoms with E-state index in [2.05, 4.69) is 5.32 Å². The molecule has 0 spiro atoms. The second-order valence-electron chi connectivity index (χ2n) is 4.38. The maximum atomic E-state index is 11.9. The molecule has 0 rings (SSSR count). The number of carboxylic acid groups (broad SMARTS) is 1. The molecule has 0 aliphatic carbocycles. The van der Waals surface area contributed by atoms with Crippen LogP contribution in [0.3, 0.4) is 0 Å². The van der Waals surface area contributed by atoms with E-state index in [1.54, 1.807) is 23.7 Å². The van der Waals surface area contributed by atoms with Gasteiger partial charge in [-0.05, 0) is 25.4 Å². The molecule has 0 aliphatic heterocycles. The topological polar surface area (TPSA) is 78.9 Å². The van der Waals surface area contributed by atoms with Crippen molar-refractivity contribution in [3.63, 3.8) is 0 Å². The summed E-state index contributed by atoms with van der Waals surface area (Å²) in [7, 11) is 3.17. The summed E-state index contributed by atoms with van der Waals surface area (Å²) in [6, 6.07) is -0.0611. The van der Waals surface area contributed by atoms with Crippen molar-refractivity contribution in [2.24, 2.45) is 0 Å². The van der Waals surface area contributed by atoms with Gasteiger partial charge in [-0.1, -0.05) is 0 Å². The lowest BCUT2D eigenvalue weighted by Gasteiger charge is -2.26. The average molecular weight is 292 g/mol. The van der Waals surface area contributed by atoms with Gasteiger partial charge in [-0.2, -0.15) is 11.8 Å². The number of carbonyl (C=O) groups is 2. The summed E-state index contributed by atoms with van der Waals surface area (Å²) < 4.78 is 5.00. The molecular weight excluding hydrogens is 268 g/mol. The lowest BCUT2D eigenvalue weighted by atomic mass is 10.2. The molecule has 0 fully saturated rings. The monoisotopic (exact) mass is 292 g/mol. The summed E-state index contributed by atoms with van der Waals surface area (Å²) in [5.74, 6) is 0.0566. The predicted molar refractivity (Wildman–Crippen MR) is 76.7 cm³/mol. The van der Waals surface area contributed by atoms with Crippen LogP contribution in [-0.2, 0) is 9.53 Å². The first-order chi connectivity index (χ1) is 8.92. The number of urea groups is 1. The third-order valence-corrected chi connectivity index (χ3v) is 3.58. The number of methoxy groups -OCH3 is 1. The molecule has 2 N–H and O–H groups in total. The molecule has 2 unspecified atom stereocenters. The number of amides is 2. The Labute approximate surface area is 118 Å². The van der Waals surface area contributed by atoms with Crippen LogP contribution in [0.2, 0.25) is 0 Å². The van der Waals surface area contributed by atoms with Crippen LogP contribution in [-0.4, -0.2) is 66.9 Å². The van der Waals surface area contributed by atoms with Crippen molar-refractivity contribution in [2.75, 3.05) is 32.7 Å². The van der Waals surface area contributed by atoms with E-state index in [4.69, 9.17) is 9.84 Å². The van der Waals surface area contributed by atoms with Gasteiger partial charge in [-0.3, -0.25) is 4.79 Å². The van der Waals surface area contributed by atoms with Gasteiger partial charge in [-0.15, -0.1) is 0 Å². The molecule has 0 aliphatic rings. The maximum Gasteiger partial charge on any atom is 0.317 e. The molecule has 7 heteroatoms. The van der Waals surface area contributed by atoms with Crippen LogP contribution in [0.15, 0.2) is 0 Å². The second kappa shape index (κ2) is 9.91. The van der Waals surface area contributed by atoms with E-state index in [-0.39, 0.29) is 25.0 Å². The van der Waals surface area contributed by atoms with Crippen LogP contribution in [0, 0.1) is 0 Å².